The molecule has 2 aliphatic rings. The Morgan fingerprint density at radius 2 is 2.18 bits per heavy atom. The zero-order valence-corrected chi connectivity index (χ0v) is 22.0. The number of amidine groups is 1. The number of rotatable bonds is 7. The van der Waals surface area contributed by atoms with Crippen molar-refractivity contribution < 1.29 is 22.3 Å². The van der Waals surface area contributed by atoms with Crippen molar-refractivity contribution in [1.29, 1.82) is 0 Å². The number of hydrogen-bond acceptors (Lipinski definition) is 8. The van der Waals surface area contributed by atoms with Crippen LogP contribution in [0.4, 0.5) is 4.39 Å². The number of hydrogen-bond donors (Lipinski definition) is 1. The molecule has 1 fully saturated rings. The quantitative estimate of drug-likeness (QED) is 0.508. The maximum Gasteiger partial charge on any atom is 0.338 e. The van der Waals surface area contributed by atoms with Crippen LogP contribution in [0.25, 0.3) is 0 Å². The van der Waals surface area contributed by atoms with Gasteiger partial charge >= 0.3 is 5.97 Å². The smallest absolute Gasteiger partial charge is 0.338 e. The van der Waals surface area contributed by atoms with Gasteiger partial charge in [0, 0.05) is 40.8 Å². The Balaban J connectivity index is 1.87. The molecule has 1 saturated heterocycles. The molecule has 4 rings (SSSR count). The number of halogens is 2. The van der Waals surface area contributed by atoms with Gasteiger partial charge in [0.15, 0.2) is 10.8 Å². The minimum absolute atomic E-state index is 0.166. The molecule has 12 heteroatoms. The summed E-state index contributed by atoms with van der Waals surface area (Å²) in [5, 5.41) is 1.86. The lowest BCUT2D eigenvalue weighted by molar-refractivity contribution is -0.139. The second kappa shape index (κ2) is 9.84. The van der Waals surface area contributed by atoms with Crippen LogP contribution in [0.2, 0.25) is 0 Å². The highest BCUT2D eigenvalue weighted by molar-refractivity contribution is 9.10. The Morgan fingerprint density at radius 1 is 1.41 bits per heavy atom. The molecule has 0 bridgehead atoms. The van der Waals surface area contributed by atoms with E-state index in [2.05, 4.69) is 25.6 Å². The Morgan fingerprint density at radius 3 is 2.79 bits per heavy atom. The van der Waals surface area contributed by atoms with E-state index < -0.39 is 39.1 Å². The first kappa shape index (κ1) is 25.0. The SMILES string of the molecule is CCOC(=O)C1=C2C[C@H](NS(=O)(=O)C(C)C)CN2C(c2nccs2)=NC1c1ccc(F)cc1Br. The first-order chi connectivity index (χ1) is 16.1. The molecule has 1 unspecified atom stereocenters. The van der Waals surface area contributed by atoms with Crippen molar-refractivity contribution in [2.45, 2.75) is 44.5 Å². The van der Waals surface area contributed by atoms with Crippen LogP contribution in [-0.2, 0) is 19.6 Å². The highest BCUT2D eigenvalue weighted by Crippen LogP contribution is 2.42. The Labute approximate surface area is 210 Å². The molecule has 182 valence electrons. The van der Waals surface area contributed by atoms with Crippen LogP contribution in [0.5, 0.6) is 0 Å². The van der Waals surface area contributed by atoms with Gasteiger partial charge in [-0.1, -0.05) is 22.0 Å². The summed E-state index contributed by atoms with van der Waals surface area (Å²) in [6, 6.07) is 2.97. The zero-order chi connectivity index (χ0) is 24.6. The molecule has 0 amide bonds. The monoisotopic (exact) mass is 570 g/mol. The fourth-order valence-corrected chi connectivity index (χ4v) is 6.06. The summed E-state index contributed by atoms with van der Waals surface area (Å²) in [4.78, 5) is 24.3. The molecular weight excluding hydrogens is 547 g/mol. The molecule has 8 nitrogen and oxygen atoms in total. The Hall–Kier alpha value is -2.15. The van der Waals surface area contributed by atoms with Crippen molar-refractivity contribution in [3.8, 4) is 0 Å². The van der Waals surface area contributed by atoms with E-state index in [0.717, 1.165) is 0 Å². The molecule has 1 aromatic carbocycles. The van der Waals surface area contributed by atoms with Crippen LogP contribution in [0.15, 0.2) is 50.5 Å². The van der Waals surface area contributed by atoms with Crippen molar-refractivity contribution in [3.63, 3.8) is 0 Å². The third kappa shape index (κ3) is 4.81. The molecule has 1 N–H and O–H groups in total. The third-order valence-corrected chi connectivity index (χ3v) is 8.95. The highest BCUT2D eigenvalue weighted by Gasteiger charge is 2.43. The average molecular weight is 571 g/mol. The fraction of sp³-hybridized carbons (Fsp3) is 0.409. The van der Waals surface area contributed by atoms with E-state index in [1.165, 1.54) is 23.5 Å². The van der Waals surface area contributed by atoms with E-state index >= 15 is 0 Å². The number of thiazole rings is 1. The largest absolute Gasteiger partial charge is 0.463 e. The summed E-state index contributed by atoms with van der Waals surface area (Å²) in [6.07, 6.45) is 1.93. The number of carbonyl (C=O) groups excluding carboxylic acids is 1. The number of carbonyl (C=O) groups is 1. The molecule has 3 heterocycles. The predicted molar refractivity (Wildman–Crippen MR) is 131 cm³/mol. The van der Waals surface area contributed by atoms with Gasteiger partial charge < -0.3 is 9.64 Å². The molecule has 0 spiro atoms. The predicted octanol–water partition coefficient (Wildman–Crippen LogP) is 3.77. The van der Waals surface area contributed by atoms with Crippen molar-refractivity contribution in [2.24, 2.45) is 4.99 Å². The number of sulfonamides is 1. The maximum atomic E-state index is 13.8. The van der Waals surface area contributed by atoms with Gasteiger partial charge in [0.1, 0.15) is 11.9 Å². The Kier molecular flexibility index (Phi) is 7.22. The molecule has 0 saturated carbocycles. The first-order valence-electron chi connectivity index (χ1n) is 10.7. The van der Waals surface area contributed by atoms with E-state index in [-0.39, 0.29) is 13.0 Å². The van der Waals surface area contributed by atoms with Gasteiger partial charge in [-0.3, -0.25) is 4.99 Å². The molecule has 0 radical (unpaired) electrons. The molecule has 2 atom stereocenters. The summed E-state index contributed by atoms with van der Waals surface area (Å²) in [5.41, 5.74) is 1.52. The van der Waals surface area contributed by atoms with E-state index in [1.807, 2.05) is 10.3 Å². The summed E-state index contributed by atoms with van der Waals surface area (Å²) >= 11 is 4.79. The third-order valence-electron chi connectivity index (χ3n) is 5.59. The zero-order valence-electron chi connectivity index (χ0n) is 18.8. The van der Waals surface area contributed by atoms with Gasteiger partial charge in [0.05, 0.1) is 17.4 Å². The van der Waals surface area contributed by atoms with Crippen LogP contribution in [0.3, 0.4) is 0 Å². The molecule has 34 heavy (non-hydrogen) atoms. The van der Waals surface area contributed by atoms with Crippen LogP contribution < -0.4 is 4.72 Å². The number of benzene rings is 1. The van der Waals surface area contributed by atoms with Crippen LogP contribution in [0, 0.1) is 5.82 Å². The van der Waals surface area contributed by atoms with E-state index in [0.29, 0.717) is 38.7 Å². The molecule has 1 aromatic heterocycles. The number of aliphatic imine (C=N–C) groups is 1. The topological polar surface area (TPSA) is 101 Å². The minimum Gasteiger partial charge on any atom is -0.463 e. The summed E-state index contributed by atoms with van der Waals surface area (Å²) in [5.74, 6) is -0.435. The van der Waals surface area contributed by atoms with Crippen LogP contribution in [0.1, 0.15) is 43.8 Å². The normalized spacial score (nSPS) is 20.5. The maximum absolute atomic E-state index is 13.8. The summed E-state index contributed by atoms with van der Waals surface area (Å²) in [7, 11) is -3.54. The van der Waals surface area contributed by atoms with Crippen molar-refractivity contribution in [1.82, 2.24) is 14.6 Å². The summed E-state index contributed by atoms with van der Waals surface area (Å²) in [6.45, 7) is 5.39. The lowest BCUT2D eigenvalue weighted by Crippen LogP contribution is -2.42. The van der Waals surface area contributed by atoms with E-state index in [4.69, 9.17) is 9.73 Å². The molecular formula is C22H24BrFN4O4S2. The molecule has 0 aliphatic carbocycles. The van der Waals surface area contributed by atoms with Gasteiger partial charge in [0.25, 0.3) is 0 Å². The molecule has 2 aliphatic heterocycles. The lowest BCUT2D eigenvalue weighted by atomic mass is 9.94. The van der Waals surface area contributed by atoms with Crippen LogP contribution >= 0.6 is 27.3 Å². The van der Waals surface area contributed by atoms with Crippen molar-refractivity contribution in [2.75, 3.05) is 13.2 Å². The standard InChI is InChI=1S/C22H24BrFN4O4S2/c1-4-32-22(29)18-17-10-14(27-34(30,31)12(2)3)11-28(17)20(21-25-7-8-33-21)26-19(18)15-6-5-13(24)9-16(15)23/h5-9,12,14,19,27H,4,10-11H2,1-3H3/t14-,19?/m0/s1. The van der Waals surface area contributed by atoms with Crippen LogP contribution in [-0.4, -0.2) is 54.6 Å². The second-order valence-corrected chi connectivity index (χ2v) is 12.2. The van der Waals surface area contributed by atoms with Gasteiger partial charge in [0.2, 0.25) is 10.0 Å². The first-order valence-corrected chi connectivity index (χ1v) is 14.0. The van der Waals surface area contributed by atoms with E-state index in [9.17, 15) is 17.6 Å². The van der Waals surface area contributed by atoms with Crippen molar-refractivity contribution >= 4 is 49.1 Å². The van der Waals surface area contributed by atoms with Crippen molar-refractivity contribution in [3.05, 3.63) is 61.9 Å². The minimum atomic E-state index is -3.54. The van der Waals surface area contributed by atoms with E-state index in [1.54, 1.807) is 33.0 Å². The van der Waals surface area contributed by atoms with Gasteiger partial charge in [-0.15, -0.1) is 11.3 Å². The number of esters is 1. The number of nitrogens with zero attached hydrogens (tertiary/aromatic N) is 3. The van der Waals surface area contributed by atoms with Gasteiger partial charge in [-0.2, -0.15) is 0 Å². The number of ether oxygens (including phenoxy) is 1. The number of fused-ring (bicyclic) bond motifs is 1. The summed E-state index contributed by atoms with van der Waals surface area (Å²) < 4.78 is 47.5. The highest BCUT2D eigenvalue weighted by atomic mass is 79.9. The van der Waals surface area contributed by atoms with Gasteiger partial charge in [-0.05, 0) is 38.5 Å². The van der Waals surface area contributed by atoms with Gasteiger partial charge in [-0.25, -0.2) is 27.3 Å². The molecule has 2 aromatic rings. The Bertz CT molecular complexity index is 1260. The average Bonchev–Trinajstić information content (AvgIpc) is 3.42. The second-order valence-electron chi connectivity index (χ2n) is 8.16. The lowest BCUT2D eigenvalue weighted by Gasteiger charge is -2.31. The number of aromatic nitrogens is 1. The fourth-order valence-electron chi connectivity index (χ4n) is 3.96. The number of nitrogens with one attached hydrogen (secondary N) is 1.